The quantitative estimate of drug-likeness (QED) is 0.0564. The van der Waals surface area contributed by atoms with Crippen molar-refractivity contribution in [3.63, 3.8) is 0 Å². The summed E-state index contributed by atoms with van der Waals surface area (Å²) < 4.78 is 79.2. The molecule has 0 spiro atoms. The first-order valence-corrected chi connectivity index (χ1v) is 17.1. The van der Waals surface area contributed by atoms with E-state index in [-0.39, 0.29) is 22.8 Å². The fourth-order valence-corrected chi connectivity index (χ4v) is 8.91. The Hall–Kier alpha value is -4.02. The number of alkyl halides is 2. The molecule has 1 saturated carbocycles. The van der Waals surface area contributed by atoms with E-state index in [1.807, 2.05) is 0 Å². The third-order valence-corrected chi connectivity index (χ3v) is 12.2. The first-order valence-electron chi connectivity index (χ1n) is 15.2. The first kappa shape index (κ1) is 35.4. The van der Waals surface area contributed by atoms with Gasteiger partial charge in [0.25, 0.3) is 11.8 Å². The lowest BCUT2D eigenvalue weighted by Gasteiger charge is -2.49. The van der Waals surface area contributed by atoms with Crippen molar-refractivity contribution in [3.05, 3.63) is 98.4 Å². The van der Waals surface area contributed by atoms with Crippen LogP contribution in [0.3, 0.4) is 0 Å². The number of carbonyl (C=O) groups is 4. The molecular weight excluding hydrogens is 837 g/mol. The summed E-state index contributed by atoms with van der Waals surface area (Å²) in [6, 6.07) is 10.8. The minimum absolute atomic E-state index is 0.00502. The Labute approximate surface area is 309 Å². The number of methoxy groups -OCH3 is 1. The van der Waals surface area contributed by atoms with Crippen molar-refractivity contribution in [2.24, 2.45) is 23.7 Å². The molecule has 0 radical (unpaired) electrons. The number of aromatic hydroxyl groups is 1. The zero-order valence-corrected chi connectivity index (χ0v) is 29.6. The van der Waals surface area contributed by atoms with Gasteiger partial charge >= 0.3 is 0 Å². The van der Waals surface area contributed by atoms with Crippen molar-refractivity contribution < 1.29 is 51.0 Å². The number of hydrogen-bond acceptors (Lipinski definition) is 6. The number of halogens is 8. The maximum atomic E-state index is 15.2. The number of carbonyl (C=O) groups excluding carboxylic acids is 4. The Morgan fingerprint density at radius 1 is 0.863 bits per heavy atom. The van der Waals surface area contributed by atoms with Crippen molar-refractivity contribution in [1.82, 2.24) is 0 Å². The maximum Gasteiger partial charge on any atom is 0.258 e. The van der Waals surface area contributed by atoms with Gasteiger partial charge in [0.1, 0.15) is 5.69 Å². The van der Waals surface area contributed by atoms with Gasteiger partial charge in [-0.05, 0) is 83.3 Å². The van der Waals surface area contributed by atoms with Crippen LogP contribution >= 0.6 is 45.8 Å². The Morgan fingerprint density at radius 2 is 1.49 bits per heavy atom. The lowest BCUT2D eigenvalue weighted by Crippen LogP contribution is -2.60. The highest BCUT2D eigenvalue weighted by atomic mass is 127. The summed E-state index contributed by atoms with van der Waals surface area (Å²) in [5.41, 5.74) is -0.872. The molecule has 51 heavy (non-hydrogen) atoms. The molecule has 3 aromatic carbocycles. The molecule has 2 aliphatic carbocycles. The van der Waals surface area contributed by atoms with Crippen molar-refractivity contribution in [3.8, 4) is 11.5 Å². The van der Waals surface area contributed by atoms with E-state index in [0.717, 1.165) is 8.47 Å². The van der Waals surface area contributed by atoms with Crippen LogP contribution in [0.5, 0.6) is 11.5 Å². The number of anilines is 2. The van der Waals surface area contributed by atoms with Gasteiger partial charge in [-0.15, -0.1) is 23.2 Å². The fraction of sp³-hybridized carbons (Fsp3) is 0.257. The summed E-state index contributed by atoms with van der Waals surface area (Å²) in [5, 5.41) is 10.1. The second-order valence-electron chi connectivity index (χ2n) is 12.5. The molecule has 0 aromatic heterocycles. The van der Waals surface area contributed by atoms with Crippen molar-refractivity contribution >= 4 is 86.9 Å². The van der Waals surface area contributed by atoms with Gasteiger partial charge in [0.2, 0.25) is 17.6 Å². The van der Waals surface area contributed by atoms with E-state index in [1.54, 1.807) is 30.3 Å². The van der Waals surface area contributed by atoms with Crippen LogP contribution in [0.4, 0.5) is 33.3 Å². The fourth-order valence-electron chi connectivity index (χ4n) is 7.66. The van der Waals surface area contributed by atoms with Crippen LogP contribution in [0.15, 0.2) is 60.2 Å². The topological polar surface area (TPSA) is 104 Å². The Bertz CT molecular complexity index is 2120. The lowest BCUT2D eigenvalue weighted by atomic mass is 9.57. The molecule has 2 saturated heterocycles. The molecule has 1 N–H and O–H groups in total. The predicted molar refractivity (Wildman–Crippen MR) is 183 cm³/mol. The third-order valence-electron chi connectivity index (χ3n) is 10.0. The molecule has 4 amide bonds. The number of amides is 4. The van der Waals surface area contributed by atoms with E-state index in [2.05, 4.69) is 22.6 Å². The first-order chi connectivity index (χ1) is 24.1. The molecule has 6 atom stereocenters. The zero-order chi connectivity index (χ0) is 36.9. The van der Waals surface area contributed by atoms with Gasteiger partial charge in [-0.25, -0.2) is 26.9 Å². The summed E-state index contributed by atoms with van der Waals surface area (Å²) in [5.74, 6) is -21.2. The molecule has 4 aliphatic rings. The van der Waals surface area contributed by atoms with Gasteiger partial charge in [-0.2, -0.15) is 0 Å². The summed E-state index contributed by atoms with van der Waals surface area (Å²) >= 11 is 16.2. The zero-order valence-electron chi connectivity index (χ0n) is 25.9. The highest BCUT2D eigenvalue weighted by Crippen LogP contribution is 2.64. The molecule has 264 valence electrons. The number of rotatable bonds is 5. The van der Waals surface area contributed by atoms with Crippen LogP contribution in [0.25, 0.3) is 6.08 Å². The molecule has 2 aliphatic heterocycles. The van der Waals surface area contributed by atoms with E-state index < -0.39 is 98.2 Å². The summed E-state index contributed by atoms with van der Waals surface area (Å²) in [6.07, 6.45) is 3.78. The van der Waals surface area contributed by atoms with Gasteiger partial charge in [0, 0.05) is 9.49 Å². The molecule has 2 heterocycles. The number of imide groups is 2. The monoisotopic (exact) mass is 858 g/mol. The van der Waals surface area contributed by atoms with Crippen molar-refractivity contribution in [1.29, 1.82) is 0 Å². The Morgan fingerprint density at radius 3 is 2.12 bits per heavy atom. The average molecular weight is 859 g/mol. The van der Waals surface area contributed by atoms with E-state index in [4.69, 9.17) is 27.9 Å². The van der Waals surface area contributed by atoms with Gasteiger partial charge in [0.15, 0.2) is 44.5 Å². The van der Waals surface area contributed by atoms with Crippen LogP contribution in [-0.4, -0.2) is 45.6 Å². The summed E-state index contributed by atoms with van der Waals surface area (Å²) in [4.78, 5) is 52.0. The van der Waals surface area contributed by atoms with Crippen LogP contribution in [0.2, 0.25) is 0 Å². The largest absolute Gasteiger partial charge is 0.504 e. The molecule has 8 nitrogen and oxygen atoms in total. The number of nitrogens with zero attached hydrogens (tertiary/aromatic N) is 2. The Balaban J connectivity index is 1.40. The predicted octanol–water partition coefficient (Wildman–Crippen LogP) is 7.01. The Kier molecular flexibility index (Phi) is 8.53. The summed E-state index contributed by atoms with van der Waals surface area (Å²) in [7, 11) is 1.31. The van der Waals surface area contributed by atoms with Crippen LogP contribution in [-0.2, 0) is 19.2 Å². The minimum atomic E-state index is -2.64. The number of benzene rings is 3. The van der Waals surface area contributed by atoms with E-state index in [1.165, 1.54) is 37.5 Å². The van der Waals surface area contributed by atoms with Crippen molar-refractivity contribution in [2.75, 3.05) is 16.9 Å². The molecule has 16 heteroatoms. The second-order valence-corrected chi connectivity index (χ2v) is 15.0. The van der Waals surface area contributed by atoms with Gasteiger partial charge in [0.05, 0.1) is 24.6 Å². The van der Waals surface area contributed by atoms with Gasteiger partial charge < -0.3 is 9.84 Å². The van der Waals surface area contributed by atoms with Gasteiger partial charge in [-0.3, -0.25) is 24.1 Å². The van der Waals surface area contributed by atoms with E-state index >= 15 is 8.78 Å². The highest BCUT2D eigenvalue weighted by molar-refractivity contribution is 14.1. The molecule has 3 fully saturated rings. The van der Waals surface area contributed by atoms with E-state index in [0.29, 0.717) is 16.8 Å². The third kappa shape index (κ3) is 4.88. The maximum absolute atomic E-state index is 15.2. The number of hydrogen-bond donors (Lipinski definition) is 1. The normalized spacial score (nSPS) is 28.7. The van der Waals surface area contributed by atoms with Crippen LogP contribution in [0, 0.1) is 56.3 Å². The smallest absolute Gasteiger partial charge is 0.258 e. The SMILES string of the molecule is COc1cc(C=C[C@H]2C3=CC[C@@H]4C(=O)N(c5ccc(I)cc5)C(=O)[C@@H]4[C@@H]3C[C@@]3(Cl)C(=O)N(c4c(F)c(F)c(F)c(F)c4F)C(=O)[C@@]23Cl)ccc1O. The number of phenols is 1. The van der Waals surface area contributed by atoms with Gasteiger partial charge in [-0.1, -0.05) is 29.9 Å². The number of allylic oxidation sites excluding steroid dienone is 3. The molecule has 0 bridgehead atoms. The lowest BCUT2D eigenvalue weighted by molar-refractivity contribution is -0.125. The number of phenolic OH excluding ortho intramolecular Hbond substituents is 1. The molecule has 3 aromatic rings. The molecule has 7 rings (SSSR count). The van der Waals surface area contributed by atoms with E-state index in [9.17, 15) is 37.5 Å². The standard InChI is InChI=1S/C35H22Cl2F5IN2O6/c1-51-22-12-14(3-11-21(22)46)2-10-20-17-8-9-18-23(31(48)44(30(18)47)16-6-4-15(43)5-7-16)19(17)13-34(36)32(49)45(33(50)35(20,34)37)29-27(41)25(39)24(38)26(40)28(29)42/h2-8,10-12,18-20,23,46H,9,13H2,1H3/t18-,19+,20-,23-,34+,35-/m0/s1. The number of ether oxygens (including phenoxy) is 1. The van der Waals surface area contributed by atoms with Crippen LogP contribution < -0.4 is 14.5 Å². The summed E-state index contributed by atoms with van der Waals surface area (Å²) in [6.45, 7) is 0. The molecular formula is C35H22Cl2F5IN2O6. The highest BCUT2D eigenvalue weighted by Gasteiger charge is 2.76. The van der Waals surface area contributed by atoms with Crippen LogP contribution in [0.1, 0.15) is 18.4 Å². The second kappa shape index (κ2) is 12.3. The molecule has 0 unspecified atom stereocenters. The number of fused-ring (bicyclic) bond motifs is 4. The average Bonchev–Trinajstić information content (AvgIpc) is 3.45. The minimum Gasteiger partial charge on any atom is -0.504 e. The van der Waals surface area contributed by atoms with Crippen molar-refractivity contribution in [2.45, 2.75) is 22.6 Å².